The predicted molar refractivity (Wildman–Crippen MR) is 103 cm³/mol. The number of hydrogen-bond donors (Lipinski definition) is 4. The topological polar surface area (TPSA) is 135 Å². The van der Waals surface area contributed by atoms with Gasteiger partial charge in [0.25, 0.3) is 0 Å². The van der Waals surface area contributed by atoms with Crippen LogP contribution in [-0.2, 0) is 4.74 Å². The van der Waals surface area contributed by atoms with Gasteiger partial charge in [0.1, 0.15) is 30.4 Å². The Hall–Kier alpha value is -2.79. The third kappa shape index (κ3) is 3.51. The van der Waals surface area contributed by atoms with Gasteiger partial charge in [-0.25, -0.2) is 15.0 Å². The summed E-state index contributed by atoms with van der Waals surface area (Å²) in [6, 6.07) is 7.63. The van der Waals surface area contributed by atoms with Crippen LogP contribution in [0.5, 0.6) is 5.75 Å². The van der Waals surface area contributed by atoms with Gasteiger partial charge in [-0.2, -0.15) is 0 Å². The molecule has 0 amide bonds. The lowest BCUT2D eigenvalue weighted by Crippen LogP contribution is -2.33. The lowest BCUT2D eigenvalue weighted by molar-refractivity contribution is -0.0511. The Morgan fingerprint density at radius 2 is 2.07 bits per heavy atom. The van der Waals surface area contributed by atoms with Crippen molar-refractivity contribution < 1.29 is 24.8 Å². The minimum Gasteiger partial charge on any atom is -0.497 e. The van der Waals surface area contributed by atoms with Crippen molar-refractivity contribution in [1.82, 2.24) is 19.5 Å². The van der Waals surface area contributed by atoms with Crippen LogP contribution in [0.15, 0.2) is 36.9 Å². The lowest BCUT2D eigenvalue weighted by atomic mass is 10.1. The minimum atomic E-state index is -1.22. The van der Waals surface area contributed by atoms with Gasteiger partial charge in [-0.15, -0.1) is 0 Å². The Morgan fingerprint density at radius 1 is 1.24 bits per heavy atom. The summed E-state index contributed by atoms with van der Waals surface area (Å²) in [4.78, 5) is 12.9. The highest BCUT2D eigenvalue weighted by atomic mass is 16.6. The van der Waals surface area contributed by atoms with E-state index in [0.29, 0.717) is 17.0 Å². The number of rotatable bonds is 6. The molecule has 0 radical (unpaired) electrons. The Balaban J connectivity index is 1.62. The summed E-state index contributed by atoms with van der Waals surface area (Å²) < 4.78 is 12.4. The summed E-state index contributed by atoms with van der Waals surface area (Å²) in [5, 5.41) is 32.9. The van der Waals surface area contributed by atoms with E-state index in [1.807, 2.05) is 31.2 Å². The van der Waals surface area contributed by atoms with E-state index in [1.165, 1.54) is 17.2 Å². The van der Waals surface area contributed by atoms with Crippen LogP contribution in [0.1, 0.15) is 24.8 Å². The normalized spacial score (nSPS) is 25.3. The molecule has 2 unspecified atom stereocenters. The quantitative estimate of drug-likeness (QED) is 0.469. The van der Waals surface area contributed by atoms with Gasteiger partial charge in [0.2, 0.25) is 0 Å². The van der Waals surface area contributed by atoms with Crippen LogP contribution in [0.3, 0.4) is 0 Å². The third-order valence-electron chi connectivity index (χ3n) is 5.10. The van der Waals surface area contributed by atoms with E-state index >= 15 is 0 Å². The molecule has 0 bridgehead atoms. The highest BCUT2D eigenvalue weighted by Gasteiger charge is 2.44. The van der Waals surface area contributed by atoms with Crippen molar-refractivity contribution in [2.45, 2.75) is 37.5 Å². The van der Waals surface area contributed by atoms with Gasteiger partial charge in [0.05, 0.1) is 26.1 Å². The molecule has 5 atom stereocenters. The number of aliphatic hydroxyl groups excluding tert-OH is 3. The molecule has 3 heterocycles. The van der Waals surface area contributed by atoms with Crippen LogP contribution in [0.2, 0.25) is 0 Å². The SMILES string of the molecule is COc1cccc([C@H](C)Nc2ncnc3c2ncn3[C@@H]2O[C@H](CO)C(O)C2O)c1. The highest BCUT2D eigenvalue weighted by Crippen LogP contribution is 2.32. The van der Waals surface area contributed by atoms with Gasteiger partial charge < -0.3 is 30.1 Å². The fraction of sp³-hybridized carbons (Fsp3) is 0.421. The average Bonchev–Trinajstić information content (AvgIpc) is 3.30. The molecule has 29 heavy (non-hydrogen) atoms. The van der Waals surface area contributed by atoms with E-state index in [-0.39, 0.29) is 6.04 Å². The van der Waals surface area contributed by atoms with Crippen molar-refractivity contribution in [1.29, 1.82) is 0 Å². The van der Waals surface area contributed by atoms with Crippen molar-refractivity contribution >= 4 is 17.0 Å². The summed E-state index contributed by atoms with van der Waals surface area (Å²) in [5.41, 5.74) is 1.95. The number of ether oxygens (including phenoxy) is 2. The first-order valence-corrected chi connectivity index (χ1v) is 9.24. The fourth-order valence-corrected chi connectivity index (χ4v) is 3.45. The maximum Gasteiger partial charge on any atom is 0.167 e. The van der Waals surface area contributed by atoms with Gasteiger partial charge in [-0.3, -0.25) is 4.57 Å². The summed E-state index contributed by atoms with van der Waals surface area (Å²) in [5.74, 6) is 1.29. The first kappa shape index (κ1) is 19.5. The number of hydrogen-bond acceptors (Lipinski definition) is 9. The first-order valence-electron chi connectivity index (χ1n) is 9.24. The van der Waals surface area contributed by atoms with E-state index in [0.717, 1.165) is 11.3 Å². The van der Waals surface area contributed by atoms with Crippen LogP contribution in [0.25, 0.3) is 11.2 Å². The van der Waals surface area contributed by atoms with Crippen LogP contribution in [0, 0.1) is 0 Å². The number of anilines is 1. The second-order valence-corrected chi connectivity index (χ2v) is 6.92. The number of aromatic nitrogens is 4. The van der Waals surface area contributed by atoms with Crippen molar-refractivity contribution in [2.75, 3.05) is 19.0 Å². The molecule has 1 aliphatic rings. The van der Waals surface area contributed by atoms with E-state index in [2.05, 4.69) is 20.3 Å². The molecule has 0 saturated carbocycles. The minimum absolute atomic E-state index is 0.0812. The summed E-state index contributed by atoms with van der Waals surface area (Å²) in [7, 11) is 1.62. The second kappa shape index (κ2) is 7.91. The van der Waals surface area contributed by atoms with E-state index in [9.17, 15) is 15.3 Å². The lowest BCUT2D eigenvalue weighted by Gasteiger charge is -2.17. The molecular formula is C19H23N5O5. The van der Waals surface area contributed by atoms with Gasteiger partial charge in [-0.1, -0.05) is 12.1 Å². The van der Waals surface area contributed by atoms with Gasteiger partial charge in [0.15, 0.2) is 23.2 Å². The zero-order valence-corrected chi connectivity index (χ0v) is 16.0. The molecule has 4 N–H and O–H groups in total. The molecule has 0 spiro atoms. The number of benzene rings is 1. The average molecular weight is 401 g/mol. The van der Waals surface area contributed by atoms with Crippen molar-refractivity contribution in [3.8, 4) is 5.75 Å². The molecule has 3 aromatic rings. The van der Waals surface area contributed by atoms with Crippen LogP contribution in [0.4, 0.5) is 5.82 Å². The molecule has 10 nitrogen and oxygen atoms in total. The zero-order chi connectivity index (χ0) is 20.5. The molecule has 1 fully saturated rings. The maximum atomic E-state index is 10.3. The van der Waals surface area contributed by atoms with Crippen LogP contribution < -0.4 is 10.1 Å². The molecule has 154 valence electrons. The molecule has 0 aliphatic carbocycles. The van der Waals surface area contributed by atoms with Crippen molar-refractivity contribution in [3.05, 3.63) is 42.5 Å². The Kier molecular flexibility index (Phi) is 5.33. The molecule has 10 heteroatoms. The Bertz CT molecular complexity index is 996. The van der Waals surface area contributed by atoms with E-state index in [1.54, 1.807) is 7.11 Å². The fourth-order valence-electron chi connectivity index (χ4n) is 3.45. The number of nitrogens with one attached hydrogen (secondary N) is 1. The predicted octanol–water partition coefficient (Wildman–Crippen LogP) is 0.619. The number of methoxy groups -OCH3 is 1. The summed E-state index contributed by atoms with van der Waals surface area (Å²) in [6.45, 7) is 1.59. The molecular weight excluding hydrogens is 378 g/mol. The smallest absolute Gasteiger partial charge is 0.167 e. The van der Waals surface area contributed by atoms with Gasteiger partial charge in [0, 0.05) is 0 Å². The van der Waals surface area contributed by atoms with Crippen LogP contribution in [-0.4, -0.2) is 66.9 Å². The third-order valence-corrected chi connectivity index (χ3v) is 5.10. The van der Waals surface area contributed by atoms with Gasteiger partial charge >= 0.3 is 0 Å². The number of aliphatic hydroxyl groups is 3. The maximum absolute atomic E-state index is 10.3. The molecule has 2 aromatic heterocycles. The van der Waals surface area contributed by atoms with E-state index in [4.69, 9.17) is 9.47 Å². The van der Waals surface area contributed by atoms with Crippen LogP contribution >= 0.6 is 0 Å². The first-order chi connectivity index (χ1) is 14.0. The zero-order valence-electron chi connectivity index (χ0n) is 16.0. The number of nitrogens with zero attached hydrogens (tertiary/aromatic N) is 4. The second-order valence-electron chi connectivity index (χ2n) is 6.92. The van der Waals surface area contributed by atoms with E-state index < -0.39 is 31.1 Å². The van der Waals surface area contributed by atoms with Crippen molar-refractivity contribution in [2.24, 2.45) is 0 Å². The highest BCUT2D eigenvalue weighted by molar-refractivity contribution is 5.82. The molecule has 4 rings (SSSR count). The summed E-state index contributed by atoms with van der Waals surface area (Å²) in [6.07, 6.45) is -1.34. The molecule has 1 saturated heterocycles. The number of imidazole rings is 1. The molecule has 1 aromatic carbocycles. The standard InChI is InChI=1S/C19H23N5O5/c1-10(11-4-3-5-12(6-11)28-2)23-17-14-18(21-8-20-17)24(9-22-14)19-16(27)15(26)13(7-25)29-19/h3-6,8-10,13,15-16,19,25-27H,7H2,1-2H3,(H,20,21,23)/t10-,13+,15?,16?,19+/m0/s1. The largest absolute Gasteiger partial charge is 0.497 e. The van der Waals surface area contributed by atoms with Crippen molar-refractivity contribution in [3.63, 3.8) is 0 Å². The molecule has 1 aliphatic heterocycles. The Morgan fingerprint density at radius 3 is 2.79 bits per heavy atom. The summed E-state index contributed by atoms with van der Waals surface area (Å²) >= 11 is 0. The Labute approximate surface area is 166 Å². The number of fused-ring (bicyclic) bond motifs is 1. The monoisotopic (exact) mass is 401 g/mol. The van der Waals surface area contributed by atoms with Gasteiger partial charge in [-0.05, 0) is 24.6 Å².